The second kappa shape index (κ2) is 7.33. The molecule has 1 aromatic carbocycles. The van der Waals surface area contributed by atoms with Crippen LogP contribution in [-0.4, -0.2) is 45.4 Å². The van der Waals surface area contributed by atoms with Crippen LogP contribution in [0.15, 0.2) is 48.7 Å². The zero-order chi connectivity index (χ0) is 19.8. The van der Waals surface area contributed by atoms with E-state index < -0.39 is 0 Å². The van der Waals surface area contributed by atoms with Gasteiger partial charge in [0.2, 0.25) is 0 Å². The summed E-state index contributed by atoms with van der Waals surface area (Å²) in [4.78, 5) is 11.7. The number of rotatable bonds is 4. The van der Waals surface area contributed by atoms with Gasteiger partial charge in [0.25, 0.3) is 0 Å². The third-order valence-corrected chi connectivity index (χ3v) is 5.26. The van der Waals surface area contributed by atoms with E-state index in [1.807, 2.05) is 35.8 Å². The van der Waals surface area contributed by atoms with Crippen molar-refractivity contribution in [2.45, 2.75) is 26.5 Å². The van der Waals surface area contributed by atoms with E-state index in [0.29, 0.717) is 6.54 Å². The van der Waals surface area contributed by atoms with E-state index in [4.69, 9.17) is 9.72 Å². The average Bonchev–Trinajstić information content (AvgIpc) is 3.13. The van der Waals surface area contributed by atoms with Gasteiger partial charge in [-0.2, -0.15) is 5.10 Å². The fourth-order valence-corrected chi connectivity index (χ4v) is 3.83. The van der Waals surface area contributed by atoms with Crippen molar-refractivity contribution >= 4 is 28.2 Å². The predicted octanol–water partition coefficient (Wildman–Crippen LogP) is 3.42. The number of benzene rings is 1. The highest BCUT2D eigenvalue weighted by molar-refractivity contribution is 5.91. The van der Waals surface area contributed by atoms with E-state index in [-0.39, 0.29) is 6.10 Å². The normalized spacial score (nSPS) is 17.2. The fraction of sp³-hybridized carbons (Fsp3) is 0.318. The van der Waals surface area contributed by atoms with Crippen molar-refractivity contribution in [3.05, 3.63) is 59.9 Å². The Morgan fingerprint density at radius 3 is 2.93 bits per heavy atom. The van der Waals surface area contributed by atoms with Crippen molar-refractivity contribution in [3.63, 3.8) is 0 Å². The molecule has 5 rings (SSSR count). The molecule has 3 aromatic heterocycles. The molecule has 4 heterocycles. The van der Waals surface area contributed by atoms with Crippen LogP contribution in [0, 0.1) is 6.92 Å². The maximum Gasteiger partial charge on any atom is 0.158 e. The number of morpholine rings is 1. The Morgan fingerprint density at radius 2 is 2.10 bits per heavy atom. The minimum Gasteiger partial charge on any atom is -0.375 e. The van der Waals surface area contributed by atoms with E-state index in [2.05, 4.69) is 51.5 Å². The zero-order valence-corrected chi connectivity index (χ0v) is 16.7. The molecule has 0 bridgehead atoms. The van der Waals surface area contributed by atoms with E-state index in [1.165, 1.54) is 0 Å². The molecule has 1 aliphatic rings. The van der Waals surface area contributed by atoms with Gasteiger partial charge in [-0.05, 0) is 37.6 Å². The quantitative estimate of drug-likeness (QED) is 0.578. The van der Waals surface area contributed by atoms with Gasteiger partial charge in [-0.15, -0.1) is 0 Å². The Balaban J connectivity index is 1.37. The van der Waals surface area contributed by atoms with E-state index in [9.17, 15) is 0 Å². The van der Waals surface area contributed by atoms with Crippen molar-refractivity contribution in [2.24, 2.45) is 0 Å². The molecule has 0 saturated carbocycles. The van der Waals surface area contributed by atoms with E-state index >= 15 is 0 Å². The number of nitrogens with one attached hydrogen (secondary N) is 1. The molecule has 1 N–H and O–H groups in total. The standard InChI is InChI=1S/C22H24N6O/c1-15-11-21-25-22(18-5-3-4-6-19(18)28(21)26-15)24-13-17-7-8-20(23-12-17)27-9-10-29-16(2)14-27/h3-8,11-12,16H,9-10,13-14H2,1-2H3,(H,24,25). The summed E-state index contributed by atoms with van der Waals surface area (Å²) in [6.07, 6.45) is 2.18. The van der Waals surface area contributed by atoms with Crippen molar-refractivity contribution in [1.29, 1.82) is 0 Å². The maximum absolute atomic E-state index is 5.62. The van der Waals surface area contributed by atoms with E-state index in [0.717, 1.165) is 59.1 Å². The van der Waals surface area contributed by atoms with Crippen LogP contribution in [0.25, 0.3) is 16.6 Å². The van der Waals surface area contributed by atoms with Gasteiger partial charge in [0.15, 0.2) is 5.65 Å². The molecule has 1 atom stereocenters. The van der Waals surface area contributed by atoms with Crippen molar-refractivity contribution in [2.75, 3.05) is 29.9 Å². The molecule has 7 heteroatoms. The first-order valence-corrected chi connectivity index (χ1v) is 9.98. The summed E-state index contributed by atoms with van der Waals surface area (Å²) in [6, 6.07) is 14.4. The Labute approximate surface area is 169 Å². The van der Waals surface area contributed by atoms with Crippen LogP contribution in [-0.2, 0) is 11.3 Å². The molecule has 4 aromatic rings. The van der Waals surface area contributed by atoms with Crippen LogP contribution in [0.1, 0.15) is 18.2 Å². The molecule has 0 radical (unpaired) electrons. The minimum absolute atomic E-state index is 0.244. The largest absolute Gasteiger partial charge is 0.375 e. The molecule has 29 heavy (non-hydrogen) atoms. The molecular weight excluding hydrogens is 364 g/mol. The van der Waals surface area contributed by atoms with Crippen LogP contribution in [0.4, 0.5) is 11.6 Å². The predicted molar refractivity (Wildman–Crippen MR) is 114 cm³/mol. The third-order valence-electron chi connectivity index (χ3n) is 5.26. The lowest BCUT2D eigenvalue weighted by atomic mass is 10.2. The number of ether oxygens (including phenoxy) is 1. The van der Waals surface area contributed by atoms with Gasteiger partial charge >= 0.3 is 0 Å². The number of fused-ring (bicyclic) bond motifs is 3. The average molecular weight is 388 g/mol. The molecule has 7 nitrogen and oxygen atoms in total. The van der Waals surface area contributed by atoms with Gasteiger partial charge in [-0.1, -0.05) is 18.2 Å². The highest BCUT2D eigenvalue weighted by Crippen LogP contribution is 2.24. The summed E-state index contributed by atoms with van der Waals surface area (Å²) in [5, 5.41) is 9.10. The monoisotopic (exact) mass is 388 g/mol. The summed E-state index contributed by atoms with van der Waals surface area (Å²) in [7, 11) is 0. The number of aryl methyl sites for hydroxylation is 1. The molecule has 1 fully saturated rings. The van der Waals surface area contributed by atoms with Gasteiger partial charge in [0.1, 0.15) is 11.6 Å². The van der Waals surface area contributed by atoms with Crippen LogP contribution in [0.3, 0.4) is 0 Å². The number of hydrogen-bond donors (Lipinski definition) is 1. The van der Waals surface area contributed by atoms with Crippen molar-refractivity contribution < 1.29 is 4.74 Å². The highest BCUT2D eigenvalue weighted by atomic mass is 16.5. The SMILES string of the molecule is Cc1cc2nc(NCc3ccc(N4CCOC(C)C4)nc3)c3ccccc3n2n1. The Morgan fingerprint density at radius 1 is 1.21 bits per heavy atom. The van der Waals surface area contributed by atoms with Crippen LogP contribution in [0.2, 0.25) is 0 Å². The highest BCUT2D eigenvalue weighted by Gasteiger charge is 2.17. The molecule has 1 saturated heterocycles. The summed E-state index contributed by atoms with van der Waals surface area (Å²) in [6.45, 7) is 7.26. The summed E-state index contributed by atoms with van der Waals surface area (Å²) in [5.41, 5.74) is 3.96. The third kappa shape index (κ3) is 3.49. The Hall–Kier alpha value is -3.19. The Bertz CT molecular complexity index is 1150. The number of nitrogens with zero attached hydrogens (tertiary/aromatic N) is 5. The second-order valence-electron chi connectivity index (χ2n) is 7.54. The van der Waals surface area contributed by atoms with Gasteiger partial charge in [-0.25, -0.2) is 14.5 Å². The number of hydrogen-bond acceptors (Lipinski definition) is 6. The number of pyridine rings is 1. The number of anilines is 2. The van der Waals surface area contributed by atoms with Crippen molar-refractivity contribution in [1.82, 2.24) is 19.6 Å². The topological polar surface area (TPSA) is 67.6 Å². The van der Waals surface area contributed by atoms with Gasteiger partial charge in [0, 0.05) is 37.3 Å². The smallest absolute Gasteiger partial charge is 0.158 e. The first-order valence-electron chi connectivity index (χ1n) is 9.98. The lowest BCUT2D eigenvalue weighted by molar-refractivity contribution is 0.0529. The molecule has 0 amide bonds. The van der Waals surface area contributed by atoms with Crippen LogP contribution in [0.5, 0.6) is 0 Å². The summed E-state index contributed by atoms with van der Waals surface area (Å²) >= 11 is 0. The van der Waals surface area contributed by atoms with Crippen LogP contribution >= 0.6 is 0 Å². The zero-order valence-electron chi connectivity index (χ0n) is 16.7. The van der Waals surface area contributed by atoms with Gasteiger partial charge in [-0.3, -0.25) is 0 Å². The molecule has 0 aliphatic carbocycles. The first kappa shape index (κ1) is 17.9. The van der Waals surface area contributed by atoms with Crippen molar-refractivity contribution in [3.8, 4) is 0 Å². The first-order chi connectivity index (χ1) is 14.2. The molecule has 1 unspecified atom stereocenters. The van der Waals surface area contributed by atoms with Gasteiger partial charge < -0.3 is 15.0 Å². The summed E-state index contributed by atoms with van der Waals surface area (Å²) in [5.74, 6) is 1.86. The molecular formula is C22H24N6O. The lowest BCUT2D eigenvalue weighted by Gasteiger charge is -2.32. The number of aromatic nitrogens is 4. The maximum atomic E-state index is 5.62. The second-order valence-corrected chi connectivity index (χ2v) is 7.54. The minimum atomic E-state index is 0.244. The molecule has 0 spiro atoms. The van der Waals surface area contributed by atoms with Crippen LogP contribution < -0.4 is 10.2 Å². The van der Waals surface area contributed by atoms with Gasteiger partial charge in [0.05, 0.1) is 23.9 Å². The lowest BCUT2D eigenvalue weighted by Crippen LogP contribution is -2.41. The fourth-order valence-electron chi connectivity index (χ4n) is 3.83. The summed E-state index contributed by atoms with van der Waals surface area (Å²) < 4.78 is 7.51. The number of para-hydroxylation sites is 1. The van der Waals surface area contributed by atoms with E-state index in [1.54, 1.807) is 0 Å². The molecule has 1 aliphatic heterocycles. The molecule has 148 valence electrons. The Kier molecular flexibility index (Phi) is 4.52.